The molecule has 0 fully saturated rings. The van der Waals surface area contributed by atoms with Gasteiger partial charge in [0.25, 0.3) is 0 Å². The van der Waals surface area contributed by atoms with Gasteiger partial charge in [-0.05, 0) is 42.5 Å². The number of ether oxygens (including phenoxy) is 1. The summed E-state index contributed by atoms with van der Waals surface area (Å²) in [6, 6.07) is 21.6. The van der Waals surface area contributed by atoms with Crippen molar-refractivity contribution in [1.82, 2.24) is 4.98 Å². The molecule has 0 radical (unpaired) electrons. The van der Waals surface area contributed by atoms with Gasteiger partial charge in [-0.3, -0.25) is 0 Å². The van der Waals surface area contributed by atoms with Gasteiger partial charge in [-0.15, -0.1) is 0 Å². The Morgan fingerprint density at radius 2 is 1.68 bits per heavy atom. The zero-order valence-electron chi connectivity index (χ0n) is 11.9. The van der Waals surface area contributed by atoms with Crippen LogP contribution in [0.4, 0.5) is 5.82 Å². The molecule has 4 heteroatoms. The molecule has 0 unspecified atom stereocenters. The number of halogens is 1. The molecular weight excluding hydrogens is 340 g/mol. The lowest BCUT2D eigenvalue weighted by molar-refractivity contribution is 0.477. The van der Waals surface area contributed by atoms with E-state index in [0.29, 0.717) is 6.54 Å². The van der Waals surface area contributed by atoms with Crippen LogP contribution in [0.5, 0.6) is 11.5 Å². The molecule has 3 aromatic rings. The van der Waals surface area contributed by atoms with E-state index in [4.69, 9.17) is 4.74 Å². The molecule has 0 saturated heterocycles. The van der Waals surface area contributed by atoms with Crippen LogP contribution in [0.25, 0.3) is 0 Å². The SMILES string of the molecule is Brc1ccc(Oc2ccccc2CNc2ccccn2)cc1. The third-order valence-corrected chi connectivity index (χ3v) is 3.67. The predicted octanol–water partition coefficient (Wildman–Crippen LogP) is 5.25. The van der Waals surface area contributed by atoms with Gasteiger partial charge in [-0.25, -0.2) is 4.98 Å². The molecule has 0 saturated carbocycles. The zero-order valence-corrected chi connectivity index (χ0v) is 13.5. The second-order valence-electron chi connectivity index (χ2n) is 4.73. The number of anilines is 1. The van der Waals surface area contributed by atoms with Crippen LogP contribution in [0, 0.1) is 0 Å². The number of rotatable bonds is 5. The molecule has 0 aliphatic heterocycles. The highest BCUT2D eigenvalue weighted by molar-refractivity contribution is 9.10. The van der Waals surface area contributed by atoms with E-state index < -0.39 is 0 Å². The number of hydrogen-bond donors (Lipinski definition) is 1. The van der Waals surface area contributed by atoms with Crippen LogP contribution in [-0.4, -0.2) is 4.98 Å². The lowest BCUT2D eigenvalue weighted by Crippen LogP contribution is -2.02. The fourth-order valence-electron chi connectivity index (χ4n) is 2.03. The molecule has 3 rings (SSSR count). The molecule has 3 nitrogen and oxygen atoms in total. The van der Waals surface area contributed by atoms with E-state index in [9.17, 15) is 0 Å². The Labute approximate surface area is 138 Å². The van der Waals surface area contributed by atoms with Crippen LogP contribution in [0.3, 0.4) is 0 Å². The summed E-state index contributed by atoms with van der Waals surface area (Å²) >= 11 is 3.42. The normalized spacial score (nSPS) is 10.2. The molecule has 2 aromatic carbocycles. The largest absolute Gasteiger partial charge is 0.457 e. The molecule has 22 heavy (non-hydrogen) atoms. The average molecular weight is 355 g/mol. The topological polar surface area (TPSA) is 34.1 Å². The number of benzene rings is 2. The Morgan fingerprint density at radius 1 is 0.909 bits per heavy atom. The van der Waals surface area contributed by atoms with Gasteiger partial charge < -0.3 is 10.1 Å². The lowest BCUT2D eigenvalue weighted by Gasteiger charge is -2.12. The third kappa shape index (κ3) is 3.86. The van der Waals surface area contributed by atoms with Crippen molar-refractivity contribution >= 4 is 21.7 Å². The minimum absolute atomic E-state index is 0.656. The van der Waals surface area contributed by atoms with Crippen molar-refractivity contribution in [3.05, 3.63) is 83.0 Å². The fraction of sp³-hybridized carbons (Fsp3) is 0.0556. The van der Waals surface area contributed by atoms with Crippen molar-refractivity contribution in [2.24, 2.45) is 0 Å². The molecular formula is C18H15BrN2O. The van der Waals surface area contributed by atoms with Crippen molar-refractivity contribution in [3.63, 3.8) is 0 Å². The van der Waals surface area contributed by atoms with Crippen molar-refractivity contribution in [3.8, 4) is 11.5 Å². The summed E-state index contributed by atoms with van der Waals surface area (Å²) in [6.45, 7) is 0.656. The summed E-state index contributed by atoms with van der Waals surface area (Å²) in [5, 5.41) is 3.30. The summed E-state index contributed by atoms with van der Waals surface area (Å²) < 4.78 is 7.00. The van der Waals surface area contributed by atoms with E-state index in [2.05, 4.69) is 26.2 Å². The first-order valence-corrected chi connectivity index (χ1v) is 7.77. The van der Waals surface area contributed by atoms with Crippen LogP contribution in [-0.2, 0) is 6.54 Å². The van der Waals surface area contributed by atoms with Crippen LogP contribution in [0.1, 0.15) is 5.56 Å². The smallest absolute Gasteiger partial charge is 0.132 e. The van der Waals surface area contributed by atoms with E-state index in [1.54, 1.807) is 6.20 Å². The van der Waals surface area contributed by atoms with Gasteiger partial charge in [0.15, 0.2) is 0 Å². The van der Waals surface area contributed by atoms with Gasteiger partial charge in [0.2, 0.25) is 0 Å². The monoisotopic (exact) mass is 354 g/mol. The van der Waals surface area contributed by atoms with Crippen LogP contribution >= 0.6 is 15.9 Å². The predicted molar refractivity (Wildman–Crippen MR) is 92.2 cm³/mol. The number of nitrogens with zero attached hydrogens (tertiary/aromatic N) is 1. The first-order chi connectivity index (χ1) is 10.8. The molecule has 1 heterocycles. The van der Waals surface area contributed by atoms with Gasteiger partial charge in [0.05, 0.1) is 0 Å². The molecule has 0 spiro atoms. The molecule has 0 atom stereocenters. The van der Waals surface area contributed by atoms with E-state index in [0.717, 1.165) is 27.4 Å². The van der Waals surface area contributed by atoms with Crippen molar-refractivity contribution < 1.29 is 4.74 Å². The highest BCUT2D eigenvalue weighted by Gasteiger charge is 2.04. The molecule has 1 N–H and O–H groups in total. The Bertz CT molecular complexity index is 730. The number of para-hydroxylation sites is 1. The van der Waals surface area contributed by atoms with E-state index in [-0.39, 0.29) is 0 Å². The first kappa shape index (κ1) is 14.6. The van der Waals surface area contributed by atoms with Gasteiger partial charge >= 0.3 is 0 Å². The number of nitrogens with one attached hydrogen (secondary N) is 1. The van der Waals surface area contributed by atoms with E-state index in [1.165, 1.54) is 0 Å². The highest BCUT2D eigenvalue weighted by atomic mass is 79.9. The van der Waals surface area contributed by atoms with Gasteiger partial charge in [0, 0.05) is 22.8 Å². The second kappa shape index (κ2) is 7.09. The van der Waals surface area contributed by atoms with Crippen molar-refractivity contribution in [2.45, 2.75) is 6.54 Å². The van der Waals surface area contributed by atoms with Crippen LogP contribution < -0.4 is 10.1 Å². The maximum atomic E-state index is 5.97. The molecule has 1 aromatic heterocycles. The number of hydrogen-bond acceptors (Lipinski definition) is 3. The Hall–Kier alpha value is -2.33. The average Bonchev–Trinajstić information content (AvgIpc) is 2.57. The number of pyridine rings is 1. The lowest BCUT2D eigenvalue weighted by atomic mass is 10.2. The van der Waals surface area contributed by atoms with Gasteiger partial charge in [0.1, 0.15) is 17.3 Å². The summed E-state index contributed by atoms with van der Waals surface area (Å²) in [6.07, 6.45) is 1.77. The van der Waals surface area contributed by atoms with Crippen LogP contribution in [0.2, 0.25) is 0 Å². The molecule has 0 aliphatic rings. The minimum atomic E-state index is 0.656. The number of aromatic nitrogens is 1. The first-order valence-electron chi connectivity index (χ1n) is 6.97. The highest BCUT2D eigenvalue weighted by Crippen LogP contribution is 2.26. The molecule has 0 bridgehead atoms. The molecule has 0 aliphatic carbocycles. The summed E-state index contributed by atoms with van der Waals surface area (Å²) in [5.41, 5.74) is 1.08. The van der Waals surface area contributed by atoms with Gasteiger partial charge in [-0.2, -0.15) is 0 Å². The van der Waals surface area contributed by atoms with E-state index >= 15 is 0 Å². The van der Waals surface area contributed by atoms with Crippen molar-refractivity contribution in [1.29, 1.82) is 0 Å². The van der Waals surface area contributed by atoms with Gasteiger partial charge in [-0.1, -0.05) is 40.2 Å². The minimum Gasteiger partial charge on any atom is -0.457 e. The quantitative estimate of drug-likeness (QED) is 0.679. The Morgan fingerprint density at radius 3 is 2.45 bits per heavy atom. The molecule has 110 valence electrons. The standard InChI is InChI=1S/C18H15BrN2O/c19-15-8-10-16(11-9-15)22-17-6-2-1-5-14(17)13-21-18-7-3-4-12-20-18/h1-12H,13H2,(H,20,21). The second-order valence-corrected chi connectivity index (χ2v) is 5.65. The van der Waals surface area contributed by atoms with Crippen LogP contribution in [0.15, 0.2) is 77.4 Å². The van der Waals surface area contributed by atoms with Crippen molar-refractivity contribution in [2.75, 3.05) is 5.32 Å². The summed E-state index contributed by atoms with van der Waals surface area (Å²) in [4.78, 5) is 4.26. The zero-order chi connectivity index (χ0) is 15.2. The Kier molecular flexibility index (Phi) is 4.71. The summed E-state index contributed by atoms with van der Waals surface area (Å²) in [5.74, 6) is 2.50. The maximum Gasteiger partial charge on any atom is 0.132 e. The Balaban J connectivity index is 1.73. The molecule has 0 amide bonds. The fourth-order valence-corrected chi connectivity index (χ4v) is 2.30. The third-order valence-electron chi connectivity index (χ3n) is 3.14. The van der Waals surface area contributed by atoms with E-state index in [1.807, 2.05) is 66.7 Å². The maximum absolute atomic E-state index is 5.97. The summed E-state index contributed by atoms with van der Waals surface area (Å²) in [7, 11) is 0.